The highest BCUT2D eigenvalue weighted by atomic mass is 16.5. The molecule has 0 spiro atoms. The highest BCUT2D eigenvalue weighted by Crippen LogP contribution is 2.19. The van der Waals surface area contributed by atoms with Crippen LogP contribution in [0.2, 0.25) is 0 Å². The number of methoxy groups -OCH3 is 2. The van der Waals surface area contributed by atoms with Gasteiger partial charge in [0, 0.05) is 17.6 Å². The van der Waals surface area contributed by atoms with Crippen molar-refractivity contribution in [2.75, 3.05) is 14.2 Å². The Kier molecular flexibility index (Phi) is 2.72. The molecule has 0 bridgehead atoms. The number of carbonyl (C=O) groups is 1. The van der Waals surface area contributed by atoms with E-state index < -0.39 is 0 Å². The summed E-state index contributed by atoms with van der Waals surface area (Å²) >= 11 is 0. The summed E-state index contributed by atoms with van der Waals surface area (Å²) in [5.74, 6) is 0.205. The van der Waals surface area contributed by atoms with Crippen molar-refractivity contribution in [3.8, 4) is 5.88 Å². The first-order chi connectivity index (χ1) is 7.74. The zero-order valence-electron chi connectivity index (χ0n) is 9.06. The minimum absolute atomic E-state index is 0.349. The average Bonchev–Trinajstić information content (AvgIpc) is 2.36. The second-order valence-electron chi connectivity index (χ2n) is 3.28. The lowest BCUT2D eigenvalue weighted by atomic mass is 10.1. The van der Waals surface area contributed by atoms with E-state index in [1.165, 1.54) is 7.11 Å². The van der Waals surface area contributed by atoms with Gasteiger partial charge in [0.2, 0.25) is 5.88 Å². The molecule has 1 aromatic heterocycles. The van der Waals surface area contributed by atoms with Crippen molar-refractivity contribution in [1.82, 2.24) is 4.98 Å². The number of hydrogen-bond donors (Lipinski definition) is 0. The fourth-order valence-electron chi connectivity index (χ4n) is 1.48. The van der Waals surface area contributed by atoms with E-state index in [2.05, 4.69) is 9.72 Å². The Labute approximate surface area is 92.8 Å². The molecular formula is C12H11NO3. The molecule has 1 aromatic carbocycles. The number of nitrogens with zero attached hydrogens (tertiary/aromatic N) is 1. The van der Waals surface area contributed by atoms with Crippen LogP contribution in [0.4, 0.5) is 0 Å². The van der Waals surface area contributed by atoms with Crippen LogP contribution in [0.15, 0.2) is 30.5 Å². The molecule has 0 amide bonds. The highest BCUT2D eigenvalue weighted by Gasteiger charge is 2.06. The third-order valence-electron chi connectivity index (χ3n) is 2.33. The summed E-state index contributed by atoms with van der Waals surface area (Å²) in [6, 6.07) is 7.11. The maximum atomic E-state index is 11.3. The predicted molar refractivity (Wildman–Crippen MR) is 59.6 cm³/mol. The zero-order valence-corrected chi connectivity index (χ0v) is 9.06. The molecule has 2 aromatic rings. The first-order valence-corrected chi connectivity index (χ1v) is 4.76. The maximum absolute atomic E-state index is 11.3. The number of fused-ring (bicyclic) bond motifs is 1. The number of benzene rings is 1. The quantitative estimate of drug-likeness (QED) is 0.722. The molecule has 0 N–H and O–H groups in total. The predicted octanol–water partition coefficient (Wildman–Crippen LogP) is 2.03. The molecule has 0 aliphatic rings. The summed E-state index contributed by atoms with van der Waals surface area (Å²) < 4.78 is 9.66. The van der Waals surface area contributed by atoms with E-state index in [1.54, 1.807) is 25.4 Å². The van der Waals surface area contributed by atoms with E-state index >= 15 is 0 Å². The van der Waals surface area contributed by atoms with Crippen molar-refractivity contribution >= 4 is 16.7 Å². The number of hydrogen-bond acceptors (Lipinski definition) is 4. The lowest BCUT2D eigenvalue weighted by Crippen LogP contribution is -2.00. The summed E-state index contributed by atoms with van der Waals surface area (Å²) in [5, 5.41) is 1.85. The Morgan fingerprint density at radius 3 is 2.69 bits per heavy atom. The van der Waals surface area contributed by atoms with E-state index in [0.717, 1.165) is 10.8 Å². The standard InChI is InChI=1S/C12H11NO3/c1-15-11-6-8-3-4-9(12(14)16-2)5-10(8)7-13-11/h3-7H,1-2H3. The minimum atomic E-state index is -0.349. The molecular weight excluding hydrogens is 206 g/mol. The number of carbonyl (C=O) groups excluding carboxylic acids is 1. The van der Waals surface area contributed by atoms with E-state index in [4.69, 9.17) is 4.74 Å². The van der Waals surface area contributed by atoms with Crippen LogP contribution in [-0.4, -0.2) is 25.2 Å². The van der Waals surface area contributed by atoms with Crippen LogP contribution < -0.4 is 4.74 Å². The first-order valence-electron chi connectivity index (χ1n) is 4.76. The Balaban J connectivity index is 2.51. The molecule has 0 saturated heterocycles. The first kappa shape index (κ1) is 10.4. The van der Waals surface area contributed by atoms with Crippen LogP contribution in [-0.2, 0) is 4.74 Å². The van der Waals surface area contributed by atoms with Crippen molar-refractivity contribution in [1.29, 1.82) is 0 Å². The van der Waals surface area contributed by atoms with Gasteiger partial charge >= 0.3 is 5.97 Å². The maximum Gasteiger partial charge on any atom is 0.337 e. The number of pyridine rings is 1. The van der Waals surface area contributed by atoms with Gasteiger partial charge in [0.05, 0.1) is 19.8 Å². The third-order valence-corrected chi connectivity index (χ3v) is 2.33. The minimum Gasteiger partial charge on any atom is -0.481 e. The fourth-order valence-corrected chi connectivity index (χ4v) is 1.48. The lowest BCUT2D eigenvalue weighted by Gasteiger charge is -2.03. The molecule has 0 aliphatic heterocycles. The van der Waals surface area contributed by atoms with Gasteiger partial charge in [-0.1, -0.05) is 6.07 Å². The topological polar surface area (TPSA) is 48.4 Å². The monoisotopic (exact) mass is 217 g/mol. The van der Waals surface area contributed by atoms with E-state index in [1.807, 2.05) is 12.1 Å². The third kappa shape index (κ3) is 1.82. The summed E-state index contributed by atoms with van der Waals surface area (Å²) in [6.07, 6.45) is 1.67. The van der Waals surface area contributed by atoms with Crippen LogP contribution in [0.5, 0.6) is 5.88 Å². The summed E-state index contributed by atoms with van der Waals surface area (Å²) in [4.78, 5) is 15.4. The smallest absolute Gasteiger partial charge is 0.337 e. The lowest BCUT2D eigenvalue weighted by molar-refractivity contribution is 0.0601. The number of rotatable bonds is 2. The summed E-state index contributed by atoms with van der Waals surface area (Å²) in [5.41, 5.74) is 0.516. The van der Waals surface area contributed by atoms with Gasteiger partial charge in [0.15, 0.2) is 0 Å². The molecule has 16 heavy (non-hydrogen) atoms. The van der Waals surface area contributed by atoms with Gasteiger partial charge in [0.1, 0.15) is 0 Å². The molecule has 1 heterocycles. The van der Waals surface area contributed by atoms with Crippen LogP contribution >= 0.6 is 0 Å². The molecule has 0 atom stereocenters. The highest BCUT2D eigenvalue weighted by molar-refractivity contribution is 5.95. The number of esters is 1. The van der Waals surface area contributed by atoms with E-state index in [9.17, 15) is 4.79 Å². The van der Waals surface area contributed by atoms with Crippen LogP contribution in [0, 0.1) is 0 Å². The van der Waals surface area contributed by atoms with Crippen LogP contribution in [0.25, 0.3) is 10.8 Å². The second-order valence-corrected chi connectivity index (χ2v) is 3.28. The van der Waals surface area contributed by atoms with Gasteiger partial charge in [-0.15, -0.1) is 0 Å². The van der Waals surface area contributed by atoms with Gasteiger partial charge < -0.3 is 9.47 Å². The fraction of sp³-hybridized carbons (Fsp3) is 0.167. The Hall–Kier alpha value is -2.10. The average molecular weight is 217 g/mol. The molecule has 0 radical (unpaired) electrons. The zero-order chi connectivity index (χ0) is 11.5. The van der Waals surface area contributed by atoms with Gasteiger partial charge in [-0.2, -0.15) is 0 Å². The molecule has 4 heteroatoms. The Bertz CT molecular complexity index is 537. The van der Waals surface area contributed by atoms with Crippen LogP contribution in [0.3, 0.4) is 0 Å². The van der Waals surface area contributed by atoms with Crippen molar-refractivity contribution in [2.45, 2.75) is 0 Å². The van der Waals surface area contributed by atoms with E-state index in [0.29, 0.717) is 11.4 Å². The molecule has 4 nitrogen and oxygen atoms in total. The summed E-state index contributed by atoms with van der Waals surface area (Å²) in [7, 11) is 2.93. The van der Waals surface area contributed by atoms with Crippen molar-refractivity contribution in [3.05, 3.63) is 36.0 Å². The largest absolute Gasteiger partial charge is 0.481 e. The van der Waals surface area contributed by atoms with Gasteiger partial charge in [-0.05, 0) is 17.5 Å². The van der Waals surface area contributed by atoms with Crippen LogP contribution in [0.1, 0.15) is 10.4 Å². The normalized spacial score (nSPS) is 10.1. The molecule has 82 valence electrons. The SMILES string of the molecule is COC(=O)c1ccc2cc(OC)ncc2c1. The molecule has 0 saturated carbocycles. The molecule has 0 fully saturated rings. The summed E-state index contributed by atoms with van der Waals surface area (Å²) in [6.45, 7) is 0. The number of ether oxygens (including phenoxy) is 2. The molecule has 0 aliphatic carbocycles. The molecule has 0 unspecified atom stereocenters. The van der Waals surface area contributed by atoms with Gasteiger partial charge in [-0.3, -0.25) is 0 Å². The van der Waals surface area contributed by atoms with E-state index in [-0.39, 0.29) is 5.97 Å². The molecule has 2 rings (SSSR count). The second kappa shape index (κ2) is 4.18. The van der Waals surface area contributed by atoms with Crippen molar-refractivity contribution < 1.29 is 14.3 Å². The number of aromatic nitrogens is 1. The van der Waals surface area contributed by atoms with Crippen molar-refractivity contribution in [2.24, 2.45) is 0 Å². The van der Waals surface area contributed by atoms with Crippen molar-refractivity contribution in [3.63, 3.8) is 0 Å². The van der Waals surface area contributed by atoms with Gasteiger partial charge in [0.25, 0.3) is 0 Å². The van der Waals surface area contributed by atoms with Gasteiger partial charge in [-0.25, -0.2) is 9.78 Å². The Morgan fingerprint density at radius 1 is 1.19 bits per heavy atom. The Morgan fingerprint density at radius 2 is 2.00 bits per heavy atom.